The minimum Gasteiger partial charge on any atom is -0.340 e. The molecule has 1 atom stereocenters. The largest absolute Gasteiger partial charge is 0.340 e. The number of nitrogens with zero attached hydrogens (tertiary/aromatic N) is 3. The molecule has 19 heavy (non-hydrogen) atoms. The van der Waals surface area contributed by atoms with Gasteiger partial charge in [0.25, 0.3) is 0 Å². The first-order valence-corrected chi connectivity index (χ1v) is 5.88. The normalized spacial score (nSPS) is 11.5. The first-order valence-electron chi connectivity index (χ1n) is 5.88. The van der Waals surface area contributed by atoms with Gasteiger partial charge in [-0.1, -0.05) is 13.8 Å². The van der Waals surface area contributed by atoms with E-state index in [1.165, 1.54) is 0 Å². The maximum atomic E-state index is 12.0. The Labute approximate surface area is 127 Å². The summed E-state index contributed by atoms with van der Waals surface area (Å²) in [5.41, 5.74) is 6.88. The highest BCUT2D eigenvalue weighted by atomic mass is 35.5. The number of carbonyl (C=O) groups is 1. The van der Waals surface area contributed by atoms with Crippen LogP contribution in [0.25, 0.3) is 0 Å². The van der Waals surface area contributed by atoms with E-state index in [0.717, 1.165) is 12.0 Å². The zero-order valence-corrected chi connectivity index (χ0v) is 13.5. The minimum absolute atomic E-state index is 0. The quantitative estimate of drug-likeness (QED) is 0.898. The molecule has 0 saturated heterocycles. The number of amides is 1. The molecule has 112 valence electrons. The fourth-order valence-electron chi connectivity index (χ4n) is 1.80. The minimum atomic E-state index is -0.406. The summed E-state index contributed by atoms with van der Waals surface area (Å²) in [6, 6.07) is -0.406. The van der Waals surface area contributed by atoms with E-state index in [9.17, 15) is 4.79 Å². The standard InChI is InChI=1S/C12H22N4O.2ClH/c1-9(2)5-11(13)12(17)15(3)7-10-6-14-16(4)8-10;;/h6,8-9,11H,5,7,13H2,1-4H3;2*1H/t11-;;/m0../s1. The molecule has 1 aromatic rings. The predicted octanol–water partition coefficient (Wildman–Crippen LogP) is 1.60. The van der Waals surface area contributed by atoms with Gasteiger partial charge in [0.05, 0.1) is 12.2 Å². The molecule has 7 heteroatoms. The molecule has 0 aliphatic rings. The van der Waals surface area contributed by atoms with Gasteiger partial charge in [-0.05, 0) is 12.3 Å². The van der Waals surface area contributed by atoms with E-state index in [-0.39, 0.29) is 30.7 Å². The molecule has 0 spiro atoms. The van der Waals surface area contributed by atoms with Crippen molar-refractivity contribution in [3.8, 4) is 0 Å². The summed E-state index contributed by atoms with van der Waals surface area (Å²) >= 11 is 0. The second-order valence-electron chi connectivity index (χ2n) is 4.95. The molecule has 1 aromatic heterocycles. The smallest absolute Gasteiger partial charge is 0.239 e. The molecule has 1 heterocycles. The van der Waals surface area contributed by atoms with Crippen LogP contribution in [0.4, 0.5) is 0 Å². The van der Waals surface area contributed by atoms with E-state index in [2.05, 4.69) is 18.9 Å². The third-order valence-corrected chi connectivity index (χ3v) is 2.60. The monoisotopic (exact) mass is 310 g/mol. The van der Waals surface area contributed by atoms with Crippen LogP contribution >= 0.6 is 24.8 Å². The number of hydrogen-bond acceptors (Lipinski definition) is 3. The molecule has 1 rings (SSSR count). The van der Waals surface area contributed by atoms with E-state index in [0.29, 0.717) is 12.5 Å². The van der Waals surface area contributed by atoms with Crippen LogP contribution in [0, 0.1) is 5.92 Å². The third-order valence-electron chi connectivity index (χ3n) is 2.60. The summed E-state index contributed by atoms with van der Waals surface area (Å²) in [5, 5.41) is 4.07. The Balaban J connectivity index is 0. The van der Waals surface area contributed by atoms with Gasteiger partial charge in [0, 0.05) is 32.4 Å². The summed E-state index contributed by atoms with van der Waals surface area (Å²) < 4.78 is 1.72. The van der Waals surface area contributed by atoms with Crippen LogP contribution < -0.4 is 5.73 Å². The zero-order valence-electron chi connectivity index (χ0n) is 11.9. The molecule has 0 fully saturated rings. The van der Waals surface area contributed by atoms with Crippen molar-refractivity contribution < 1.29 is 4.79 Å². The SMILES string of the molecule is CC(C)C[C@H](N)C(=O)N(C)Cc1cnn(C)c1.Cl.Cl. The average Bonchev–Trinajstić information content (AvgIpc) is 2.61. The molecular weight excluding hydrogens is 287 g/mol. The Morgan fingerprint density at radius 3 is 2.47 bits per heavy atom. The van der Waals surface area contributed by atoms with Gasteiger partial charge >= 0.3 is 0 Å². The number of carbonyl (C=O) groups excluding carboxylic acids is 1. The van der Waals surface area contributed by atoms with Gasteiger partial charge in [-0.2, -0.15) is 5.10 Å². The fraction of sp³-hybridized carbons (Fsp3) is 0.667. The van der Waals surface area contributed by atoms with Crippen molar-refractivity contribution in [3.63, 3.8) is 0 Å². The van der Waals surface area contributed by atoms with Crippen molar-refractivity contribution in [3.05, 3.63) is 18.0 Å². The van der Waals surface area contributed by atoms with Crippen molar-refractivity contribution in [2.45, 2.75) is 32.9 Å². The van der Waals surface area contributed by atoms with Crippen molar-refractivity contribution in [1.29, 1.82) is 0 Å². The van der Waals surface area contributed by atoms with Crippen molar-refractivity contribution in [2.75, 3.05) is 7.05 Å². The summed E-state index contributed by atoms with van der Waals surface area (Å²) in [6.07, 6.45) is 4.38. The van der Waals surface area contributed by atoms with Gasteiger partial charge in [0.1, 0.15) is 0 Å². The number of likely N-dealkylation sites (N-methyl/N-ethyl adjacent to an activating group) is 1. The molecule has 2 N–H and O–H groups in total. The van der Waals surface area contributed by atoms with Gasteiger partial charge in [-0.15, -0.1) is 24.8 Å². The fourth-order valence-corrected chi connectivity index (χ4v) is 1.80. The number of aryl methyl sites for hydroxylation is 1. The number of nitrogens with two attached hydrogens (primary N) is 1. The van der Waals surface area contributed by atoms with Gasteiger partial charge in [-0.3, -0.25) is 9.48 Å². The summed E-state index contributed by atoms with van der Waals surface area (Å²) in [5.74, 6) is 0.420. The van der Waals surface area contributed by atoms with Crippen LogP contribution in [0.15, 0.2) is 12.4 Å². The van der Waals surface area contributed by atoms with Gasteiger partial charge < -0.3 is 10.6 Å². The van der Waals surface area contributed by atoms with Crippen LogP contribution in [-0.2, 0) is 18.4 Å². The Bertz CT molecular complexity index is 382. The number of rotatable bonds is 5. The molecule has 1 amide bonds. The first kappa shape index (κ1) is 20.5. The highest BCUT2D eigenvalue weighted by Gasteiger charge is 2.19. The van der Waals surface area contributed by atoms with Crippen LogP contribution in [0.5, 0.6) is 0 Å². The van der Waals surface area contributed by atoms with Crippen LogP contribution in [0.2, 0.25) is 0 Å². The lowest BCUT2D eigenvalue weighted by Gasteiger charge is -2.21. The molecule has 0 aromatic carbocycles. The second kappa shape index (κ2) is 9.18. The molecule has 0 saturated carbocycles. The molecule has 0 aliphatic carbocycles. The number of aromatic nitrogens is 2. The Morgan fingerprint density at radius 2 is 2.05 bits per heavy atom. The van der Waals surface area contributed by atoms with E-state index in [1.807, 2.05) is 13.2 Å². The summed E-state index contributed by atoms with van der Waals surface area (Å²) in [6.45, 7) is 4.68. The first-order chi connectivity index (χ1) is 7.90. The van der Waals surface area contributed by atoms with E-state index < -0.39 is 6.04 Å². The predicted molar refractivity (Wildman–Crippen MR) is 81.6 cm³/mol. The molecule has 0 radical (unpaired) electrons. The summed E-state index contributed by atoms with van der Waals surface area (Å²) in [4.78, 5) is 13.6. The number of hydrogen-bond donors (Lipinski definition) is 1. The second-order valence-corrected chi connectivity index (χ2v) is 4.95. The Kier molecular flexibility index (Phi) is 9.92. The van der Waals surface area contributed by atoms with Crippen LogP contribution in [0.3, 0.4) is 0 Å². The van der Waals surface area contributed by atoms with Crippen molar-refractivity contribution in [2.24, 2.45) is 18.7 Å². The van der Waals surface area contributed by atoms with Gasteiger partial charge in [0.15, 0.2) is 0 Å². The molecular formula is C12H24Cl2N4O. The van der Waals surface area contributed by atoms with Gasteiger partial charge in [-0.25, -0.2) is 0 Å². The molecule has 0 unspecified atom stereocenters. The van der Waals surface area contributed by atoms with Crippen molar-refractivity contribution >= 4 is 30.7 Å². The Hall–Kier alpha value is -0.780. The summed E-state index contributed by atoms with van der Waals surface area (Å²) in [7, 11) is 3.63. The topological polar surface area (TPSA) is 64.2 Å². The lowest BCUT2D eigenvalue weighted by molar-refractivity contribution is -0.132. The highest BCUT2D eigenvalue weighted by Crippen LogP contribution is 2.07. The third kappa shape index (κ3) is 6.80. The lowest BCUT2D eigenvalue weighted by atomic mass is 10.0. The van der Waals surface area contributed by atoms with E-state index >= 15 is 0 Å². The average molecular weight is 311 g/mol. The van der Waals surface area contributed by atoms with Gasteiger partial charge in [0.2, 0.25) is 5.91 Å². The van der Waals surface area contributed by atoms with Crippen LogP contribution in [0.1, 0.15) is 25.8 Å². The maximum absolute atomic E-state index is 12.0. The lowest BCUT2D eigenvalue weighted by Crippen LogP contribution is -2.42. The maximum Gasteiger partial charge on any atom is 0.239 e. The molecule has 0 bridgehead atoms. The number of halogens is 2. The zero-order chi connectivity index (χ0) is 13.0. The molecule has 0 aliphatic heterocycles. The van der Waals surface area contributed by atoms with Crippen molar-refractivity contribution in [1.82, 2.24) is 14.7 Å². The molecule has 5 nitrogen and oxygen atoms in total. The van der Waals surface area contributed by atoms with E-state index in [4.69, 9.17) is 5.73 Å². The highest BCUT2D eigenvalue weighted by molar-refractivity contribution is 5.85. The van der Waals surface area contributed by atoms with E-state index in [1.54, 1.807) is 22.8 Å². The van der Waals surface area contributed by atoms with Crippen LogP contribution in [-0.4, -0.2) is 33.7 Å². The Morgan fingerprint density at radius 1 is 1.47 bits per heavy atom.